The molecule has 8 nitrogen and oxygen atoms in total. The van der Waals surface area contributed by atoms with E-state index < -0.39 is 12.2 Å². The number of carbonyl (C=O) groups excluding carboxylic acids is 2. The van der Waals surface area contributed by atoms with Crippen LogP contribution in [0.2, 0.25) is 0 Å². The highest BCUT2D eigenvalue weighted by molar-refractivity contribution is 5.69. The van der Waals surface area contributed by atoms with Crippen LogP contribution in [0.3, 0.4) is 0 Å². The van der Waals surface area contributed by atoms with E-state index in [4.69, 9.17) is 0 Å². The van der Waals surface area contributed by atoms with E-state index in [-0.39, 0.29) is 20.3 Å². The fourth-order valence-electron chi connectivity index (χ4n) is 0.515. The number of nitrogens with one attached hydrogen (secondary N) is 2. The Hall–Kier alpha value is -1.54. The average Bonchev–Trinajstić information content (AvgIpc) is 2.23. The molecule has 0 aromatic rings. The standard InChI is InChI=1S/C7H14N2O6/c1-12-4-14-6(10)8-3-9-7(11)15-5-13-2/h3-5H2,1-2H3,(H,8,10)(H,9,11). The summed E-state index contributed by atoms with van der Waals surface area (Å²) in [5.41, 5.74) is 0. The number of alkyl carbamates (subject to hydrolysis) is 2. The van der Waals surface area contributed by atoms with E-state index in [1.807, 2.05) is 0 Å². The third-order valence-electron chi connectivity index (χ3n) is 1.08. The van der Waals surface area contributed by atoms with Gasteiger partial charge in [-0.2, -0.15) is 0 Å². The number of hydrogen-bond donors (Lipinski definition) is 2. The monoisotopic (exact) mass is 222 g/mol. The highest BCUT2D eigenvalue weighted by Gasteiger charge is 2.03. The van der Waals surface area contributed by atoms with Gasteiger partial charge in [-0.1, -0.05) is 0 Å². The van der Waals surface area contributed by atoms with E-state index in [9.17, 15) is 9.59 Å². The molecule has 0 fully saturated rings. The number of rotatable bonds is 6. The molecule has 8 heteroatoms. The van der Waals surface area contributed by atoms with Crippen LogP contribution < -0.4 is 10.6 Å². The Morgan fingerprint density at radius 2 is 1.33 bits per heavy atom. The smallest absolute Gasteiger partial charge is 0.410 e. The van der Waals surface area contributed by atoms with Crippen LogP contribution in [-0.4, -0.2) is 46.7 Å². The zero-order valence-electron chi connectivity index (χ0n) is 8.57. The summed E-state index contributed by atoms with van der Waals surface area (Å²) >= 11 is 0. The first-order chi connectivity index (χ1) is 7.20. The second kappa shape index (κ2) is 9.03. The topological polar surface area (TPSA) is 95.1 Å². The van der Waals surface area contributed by atoms with Gasteiger partial charge in [-0.25, -0.2) is 9.59 Å². The number of ether oxygens (including phenoxy) is 4. The fraction of sp³-hybridized carbons (Fsp3) is 0.714. The summed E-state index contributed by atoms with van der Waals surface area (Å²) in [5, 5.41) is 4.46. The lowest BCUT2D eigenvalue weighted by Gasteiger charge is -2.07. The molecular formula is C7H14N2O6. The number of carbonyl (C=O) groups is 2. The highest BCUT2D eigenvalue weighted by Crippen LogP contribution is 1.78. The van der Waals surface area contributed by atoms with Crippen LogP contribution >= 0.6 is 0 Å². The van der Waals surface area contributed by atoms with Crippen LogP contribution in [0.25, 0.3) is 0 Å². The van der Waals surface area contributed by atoms with E-state index in [1.54, 1.807) is 0 Å². The zero-order valence-corrected chi connectivity index (χ0v) is 8.57. The van der Waals surface area contributed by atoms with Gasteiger partial charge in [0.25, 0.3) is 0 Å². The summed E-state index contributed by atoms with van der Waals surface area (Å²) in [5.74, 6) is 0. The predicted molar refractivity (Wildman–Crippen MR) is 47.9 cm³/mol. The van der Waals surface area contributed by atoms with Gasteiger partial charge in [0.2, 0.25) is 0 Å². The molecule has 0 spiro atoms. The Morgan fingerprint density at radius 1 is 0.933 bits per heavy atom. The zero-order chi connectivity index (χ0) is 11.5. The van der Waals surface area contributed by atoms with Crippen molar-refractivity contribution in [1.29, 1.82) is 0 Å². The van der Waals surface area contributed by atoms with Gasteiger partial charge in [-0.3, -0.25) is 0 Å². The summed E-state index contributed by atoms with van der Waals surface area (Å²) in [6.45, 7) is -0.412. The summed E-state index contributed by atoms with van der Waals surface area (Å²) < 4.78 is 17.9. The summed E-state index contributed by atoms with van der Waals surface area (Å²) in [4.78, 5) is 21.5. The Labute approximate surface area is 86.8 Å². The van der Waals surface area contributed by atoms with Gasteiger partial charge in [0.15, 0.2) is 13.6 Å². The van der Waals surface area contributed by atoms with E-state index in [0.717, 1.165) is 0 Å². The molecule has 0 rings (SSSR count). The van der Waals surface area contributed by atoms with Gasteiger partial charge >= 0.3 is 12.2 Å². The van der Waals surface area contributed by atoms with Crippen LogP contribution in [-0.2, 0) is 18.9 Å². The minimum absolute atomic E-state index is 0.106. The first kappa shape index (κ1) is 13.5. The van der Waals surface area contributed by atoms with Gasteiger partial charge in [0.1, 0.15) is 0 Å². The van der Waals surface area contributed by atoms with Gasteiger partial charge in [-0.05, 0) is 0 Å². The molecule has 0 saturated carbocycles. The molecule has 0 radical (unpaired) electrons. The lowest BCUT2D eigenvalue weighted by molar-refractivity contribution is 0.00884. The average molecular weight is 222 g/mol. The molecule has 0 atom stereocenters. The molecule has 0 unspecified atom stereocenters. The van der Waals surface area contributed by atoms with E-state index >= 15 is 0 Å². The quantitative estimate of drug-likeness (QED) is 0.594. The van der Waals surface area contributed by atoms with Crippen molar-refractivity contribution in [2.45, 2.75) is 0 Å². The molecule has 0 aliphatic carbocycles. The van der Waals surface area contributed by atoms with Gasteiger partial charge in [0, 0.05) is 14.2 Å². The van der Waals surface area contributed by atoms with Gasteiger partial charge in [0.05, 0.1) is 6.67 Å². The summed E-state index contributed by atoms with van der Waals surface area (Å²) in [7, 11) is 2.77. The molecule has 2 N–H and O–H groups in total. The van der Waals surface area contributed by atoms with Crippen molar-refractivity contribution in [3.05, 3.63) is 0 Å². The molecule has 15 heavy (non-hydrogen) atoms. The van der Waals surface area contributed by atoms with Gasteiger partial charge in [-0.15, -0.1) is 0 Å². The van der Waals surface area contributed by atoms with E-state index in [1.165, 1.54) is 14.2 Å². The molecule has 88 valence electrons. The van der Waals surface area contributed by atoms with Crippen molar-refractivity contribution in [2.24, 2.45) is 0 Å². The summed E-state index contributed by atoms with van der Waals surface area (Å²) in [6.07, 6.45) is -1.41. The van der Waals surface area contributed by atoms with Crippen LogP contribution in [0.4, 0.5) is 9.59 Å². The number of hydrogen-bond acceptors (Lipinski definition) is 6. The van der Waals surface area contributed by atoms with E-state index in [2.05, 4.69) is 29.6 Å². The maximum absolute atomic E-state index is 10.8. The molecule has 0 aromatic carbocycles. The first-order valence-electron chi connectivity index (χ1n) is 3.99. The molecule has 0 aliphatic heterocycles. The third-order valence-corrected chi connectivity index (χ3v) is 1.08. The van der Waals surface area contributed by atoms with Crippen molar-refractivity contribution >= 4 is 12.2 Å². The molecule has 2 amide bonds. The molecule has 0 heterocycles. The second-order valence-electron chi connectivity index (χ2n) is 2.21. The Bertz CT molecular complexity index is 178. The SMILES string of the molecule is COCOC(=O)NCNC(=O)OCOC. The third kappa shape index (κ3) is 8.78. The second-order valence-corrected chi connectivity index (χ2v) is 2.21. The summed E-state index contributed by atoms with van der Waals surface area (Å²) in [6, 6.07) is 0. The number of methoxy groups -OCH3 is 2. The Kier molecular flexibility index (Phi) is 8.10. The van der Waals surface area contributed by atoms with Crippen molar-refractivity contribution in [2.75, 3.05) is 34.5 Å². The minimum atomic E-state index is -0.705. The van der Waals surface area contributed by atoms with E-state index in [0.29, 0.717) is 0 Å². The van der Waals surface area contributed by atoms with Crippen molar-refractivity contribution < 1.29 is 28.5 Å². The fourth-order valence-corrected chi connectivity index (χ4v) is 0.515. The predicted octanol–water partition coefficient (Wildman–Crippen LogP) is -0.396. The molecule has 0 saturated heterocycles. The lowest BCUT2D eigenvalue weighted by Crippen LogP contribution is -2.38. The molecule has 0 aliphatic rings. The highest BCUT2D eigenvalue weighted by atomic mass is 16.7. The van der Waals surface area contributed by atoms with Crippen LogP contribution in [0.15, 0.2) is 0 Å². The maximum atomic E-state index is 10.8. The van der Waals surface area contributed by atoms with Crippen molar-refractivity contribution in [1.82, 2.24) is 10.6 Å². The van der Waals surface area contributed by atoms with Crippen LogP contribution in [0.5, 0.6) is 0 Å². The molecular weight excluding hydrogens is 208 g/mol. The Morgan fingerprint density at radius 3 is 1.67 bits per heavy atom. The molecule has 0 aromatic heterocycles. The van der Waals surface area contributed by atoms with Crippen LogP contribution in [0, 0.1) is 0 Å². The first-order valence-corrected chi connectivity index (χ1v) is 3.99. The molecule has 0 bridgehead atoms. The van der Waals surface area contributed by atoms with Crippen LogP contribution in [0.1, 0.15) is 0 Å². The largest absolute Gasteiger partial charge is 0.422 e. The van der Waals surface area contributed by atoms with Crippen molar-refractivity contribution in [3.8, 4) is 0 Å². The maximum Gasteiger partial charge on any atom is 0.410 e. The van der Waals surface area contributed by atoms with Crippen molar-refractivity contribution in [3.63, 3.8) is 0 Å². The Balaban J connectivity index is 3.36. The number of amides is 2. The normalized spacial score (nSPS) is 9.20. The van der Waals surface area contributed by atoms with Gasteiger partial charge < -0.3 is 29.6 Å². The lowest BCUT2D eigenvalue weighted by atomic mass is 10.9. The minimum Gasteiger partial charge on any atom is -0.422 e.